The number of rotatable bonds is 8. The SMILES string of the molecule is CC(C)(CO)CCCNC(=O)CCc1cccnc1. The summed E-state index contributed by atoms with van der Waals surface area (Å²) in [4.78, 5) is 15.6. The van der Waals surface area contributed by atoms with Gasteiger partial charge < -0.3 is 10.4 Å². The van der Waals surface area contributed by atoms with Crippen molar-refractivity contribution in [3.05, 3.63) is 30.1 Å². The topological polar surface area (TPSA) is 62.2 Å². The van der Waals surface area contributed by atoms with Crippen LogP contribution in [0, 0.1) is 5.41 Å². The maximum atomic E-state index is 11.6. The summed E-state index contributed by atoms with van der Waals surface area (Å²) >= 11 is 0. The Morgan fingerprint density at radius 1 is 1.47 bits per heavy atom. The molecule has 0 saturated carbocycles. The Morgan fingerprint density at radius 2 is 2.26 bits per heavy atom. The molecule has 1 amide bonds. The highest BCUT2D eigenvalue weighted by Gasteiger charge is 2.15. The molecule has 0 fully saturated rings. The Labute approximate surface area is 115 Å². The van der Waals surface area contributed by atoms with Crippen LogP contribution in [0.3, 0.4) is 0 Å². The van der Waals surface area contributed by atoms with Gasteiger partial charge in [0.2, 0.25) is 5.91 Å². The second-order valence-electron chi connectivity index (χ2n) is 5.64. The van der Waals surface area contributed by atoms with Gasteiger partial charge in [0, 0.05) is 32.0 Å². The number of carbonyl (C=O) groups is 1. The van der Waals surface area contributed by atoms with Gasteiger partial charge >= 0.3 is 0 Å². The molecule has 4 heteroatoms. The Bertz CT molecular complexity index is 377. The van der Waals surface area contributed by atoms with E-state index in [1.165, 1.54) is 0 Å². The molecule has 0 atom stereocenters. The summed E-state index contributed by atoms with van der Waals surface area (Å²) in [5.41, 5.74) is 1.03. The maximum absolute atomic E-state index is 11.6. The predicted molar refractivity (Wildman–Crippen MR) is 75.7 cm³/mol. The Kier molecular flexibility index (Phi) is 6.50. The van der Waals surface area contributed by atoms with Crippen molar-refractivity contribution in [3.63, 3.8) is 0 Å². The Morgan fingerprint density at radius 3 is 2.89 bits per heavy atom. The molecule has 0 saturated heterocycles. The van der Waals surface area contributed by atoms with Crippen molar-refractivity contribution in [2.24, 2.45) is 5.41 Å². The van der Waals surface area contributed by atoms with Gasteiger partial charge in [0.05, 0.1) is 0 Å². The lowest BCUT2D eigenvalue weighted by molar-refractivity contribution is -0.121. The minimum absolute atomic E-state index is 0.0551. The number of nitrogens with one attached hydrogen (secondary N) is 1. The molecule has 0 spiro atoms. The summed E-state index contributed by atoms with van der Waals surface area (Å²) in [6, 6.07) is 3.86. The van der Waals surface area contributed by atoms with E-state index in [1.807, 2.05) is 26.0 Å². The molecule has 0 radical (unpaired) electrons. The van der Waals surface area contributed by atoms with E-state index in [4.69, 9.17) is 5.11 Å². The number of aliphatic hydroxyl groups is 1. The molecule has 0 bridgehead atoms. The quantitative estimate of drug-likeness (QED) is 0.705. The summed E-state index contributed by atoms with van der Waals surface area (Å²) in [5.74, 6) is 0.0747. The molecule has 4 nitrogen and oxygen atoms in total. The van der Waals surface area contributed by atoms with Gasteiger partial charge in [-0.05, 0) is 36.3 Å². The van der Waals surface area contributed by atoms with Crippen molar-refractivity contribution < 1.29 is 9.90 Å². The first-order chi connectivity index (χ1) is 9.03. The van der Waals surface area contributed by atoms with E-state index in [2.05, 4.69) is 10.3 Å². The van der Waals surface area contributed by atoms with E-state index < -0.39 is 0 Å². The van der Waals surface area contributed by atoms with Gasteiger partial charge in [-0.2, -0.15) is 0 Å². The highest BCUT2D eigenvalue weighted by atomic mass is 16.3. The van der Waals surface area contributed by atoms with Crippen molar-refractivity contribution in [1.29, 1.82) is 0 Å². The zero-order chi connectivity index (χ0) is 14.1. The number of aryl methyl sites for hydroxylation is 1. The van der Waals surface area contributed by atoms with E-state index in [0.29, 0.717) is 13.0 Å². The normalized spacial score (nSPS) is 11.3. The first-order valence-corrected chi connectivity index (χ1v) is 6.80. The fourth-order valence-electron chi connectivity index (χ4n) is 1.77. The smallest absolute Gasteiger partial charge is 0.220 e. The van der Waals surface area contributed by atoms with Gasteiger partial charge in [-0.15, -0.1) is 0 Å². The molecule has 2 N–H and O–H groups in total. The van der Waals surface area contributed by atoms with Gasteiger partial charge in [-0.1, -0.05) is 19.9 Å². The first-order valence-electron chi connectivity index (χ1n) is 6.80. The summed E-state index contributed by atoms with van der Waals surface area (Å²) in [5, 5.41) is 12.0. The molecule has 0 aliphatic rings. The third-order valence-electron chi connectivity index (χ3n) is 3.14. The van der Waals surface area contributed by atoms with Crippen molar-refractivity contribution in [1.82, 2.24) is 10.3 Å². The zero-order valence-electron chi connectivity index (χ0n) is 11.9. The van der Waals surface area contributed by atoms with E-state index in [-0.39, 0.29) is 17.9 Å². The largest absolute Gasteiger partial charge is 0.396 e. The molecule has 0 aromatic carbocycles. The third kappa shape index (κ3) is 6.91. The number of hydrogen-bond donors (Lipinski definition) is 2. The van der Waals surface area contributed by atoms with Crippen LogP contribution in [0.2, 0.25) is 0 Å². The summed E-state index contributed by atoms with van der Waals surface area (Å²) < 4.78 is 0. The van der Waals surface area contributed by atoms with Crippen LogP contribution in [0.15, 0.2) is 24.5 Å². The molecule has 0 unspecified atom stereocenters. The predicted octanol–water partition coefficient (Wildman–Crippen LogP) is 1.93. The molecular formula is C15H24N2O2. The average Bonchev–Trinajstić information content (AvgIpc) is 2.42. The minimum Gasteiger partial charge on any atom is -0.396 e. The standard InChI is InChI=1S/C15H24N2O2/c1-15(2,12-18)8-4-10-17-14(19)7-6-13-5-3-9-16-11-13/h3,5,9,11,18H,4,6-8,10,12H2,1-2H3,(H,17,19). The molecular weight excluding hydrogens is 240 g/mol. The second kappa shape index (κ2) is 7.89. The average molecular weight is 264 g/mol. The van der Waals surface area contributed by atoms with Crippen LogP contribution in [-0.2, 0) is 11.2 Å². The summed E-state index contributed by atoms with van der Waals surface area (Å²) in [7, 11) is 0. The lowest BCUT2D eigenvalue weighted by atomic mass is 9.89. The summed E-state index contributed by atoms with van der Waals surface area (Å²) in [6.45, 7) is 4.91. The fraction of sp³-hybridized carbons (Fsp3) is 0.600. The van der Waals surface area contributed by atoms with Gasteiger partial charge in [-0.25, -0.2) is 0 Å². The lowest BCUT2D eigenvalue weighted by Gasteiger charge is -2.21. The Balaban J connectivity index is 2.12. The van der Waals surface area contributed by atoms with E-state index in [0.717, 1.165) is 24.8 Å². The lowest BCUT2D eigenvalue weighted by Crippen LogP contribution is -2.26. The maximum Gasteiger partial charge on any atom is 0.220 e. The van der Waals surface area contributed by atoms with Crippen LogP contribution < -0.4 is 5.32 Å². The molecule has 106 valence electrons. The van der Waals surface area contributed by atoms with E-state index in [9.17, 15) is 4.79 Å². The van der Waals surface area contributed by atoms with Crippen LogP contribution >= 0.6 is 0 Å². The van der Waals surface area contributed by atoms with Crippen molar-refractivity contribution in [2.45, 2.75) is 39.5 Å². The van der Waals surface area contributed by atoms with Crippen LogP contribution in [0.4, 0.5) is 0 Å². The molecule has 1 aromatic rings. The number of carbonyl (C=O) groups excluding carboxylic acids is 1. The fourth-order valence-corrected chi connectivity index (χ4v) is 1.77. The number of pyridine rings is 1. The van der Waals surface area contributed by atoms with Gasteiger partial charge in [0.25, 0.3) is 0 Å². The van der Waals surface area contributed by atoms with Crippen molar-refractivity contribution in [3.8, 4) is 0 Å². The molecule has 0 aliphatic carbocycles. The van der Waals surface area contributed by atoms with Crippen LogP contribution in [-0.4, -0.2) is 29.1 Å². The van der Waals surface area contributed by atoms with Gasteiger partial charge in [-0.3, -0.25) is 9.78 Å². The first kappa shape index (κ1) is 15.6. The van der Waals surface area contributed by atoms with E-state index in [1.54, 1.807) is 12.4 Å². The highest BCUT2D eigenvalue weighted by molar-refractivity contribution is 5.76. The van der Waals surface area contributed by atoms with Crippen LogP contribution in [0.1, 0.15) is 38.7 Å². The molecule has 19 heavy (non-hydrogen) atoms. The van der Waals surface area contributed by atoms with Gasteiger partial charge in [0.15, 0.2) is 0 Å². The number of aliphatic hydroxyl groups excluding tert-OH is 1. The van der Waals surface area contributed by atoms with Gasteiger partial charge in [0.1, 0.15) is 0 Å². The molecule has 0 aliphatic heterocycles. The van der Waals surface area contributed by atoms with Crippen LogP contribution in [0.25, 0.3) is 0 Å². The number of amides is 1. The second-order valence-corrected chi connectivity index (χ2v) is 5.64. The molecule has 1 heterocycles. The minimum atomic E-state index is -0.0551. The zero-order valence-corrected chi connectivity index (χ0v) is 11.9. The molecule has 1 rings (SSSR count). The Hall–Kier alpha value is -1.42. The van der Waals surface area contributed by atoms with Crippen LogP contribution in [0.5, 0.6) is 0 Å². The monoisotopic (exact) mass is 264 g/mol. The third-order valence-corrected chi connectivity index (χ3v) is 3.14. The van der Waals surface area contributed by atoms with Crippen molar-refractivity contribution in [2.75, 3.05) is 13.2 Å². The van der Waals surface area contributed by atoms with Crippen molar-refractivity contribution >= 4 is 5.91 Å². The number of hydrogen-bond acceptors (Lipinski definition) is 3. The molecule has 1 aromatic heterocycles. The summed E-state index contributed by atoms with van der Waals surface area (Å²) in [6.07, 6.45) is 6.54. The van der Waals surface area contributed by atoms with E-state index >= 15 is 0 Å². The highest BCUT2D eigenvalue weighted by Crippen LogP contribution is 2.20. The number of nitrogens with zero attached hydrogens (tertiary/aromatic N) is 1. The number of aromatic nitrogens is 1.